The van der Waals surface area contributed by atoms with Crippen LogP contribution >= 0.6 is 0 Å². The molecule has 0 spiro atoms. The van der Waals surface area contributed by atoms with E-state index in [-0.39, 0.29) is 12.5 Å². The van der Waals surface area contributed by atoms with Gasteiger partial charge in [-0.2, -0.15) is 13.2 Å². The van der Waals surface area contributed by atoms with Gasteiger partial charge in [0.1, 0.15) is 11.5 Å². The Hall–Kier alpha value is -3.28. The zero-order chi connectivity index (χ0) is 21.0. The Bertz CT molecular complexity index is 1010. The van der Waals surface area contributed by atoms with E-state index in [2.05, 4.69) is 11.4 Å². The molecule has 3 aromatic carbocycles. The molecule has 3 rings (SSSR count). The summed E-state index contributed by atoms with van der Waals surface area (Å²) >= 11 is 0. The van der Waals surface area contributed by atoms with Crippen LogP contribution in [0.4, 0.5) is 13.2 Å². The van der Waals surface area contributed by atoms with Crippen molar-refractivity contribution in [2.45, 2.75) is 26.6 Å². The third-order valence-corrected chi connectivity index (χ3v) is 4.40. The van der Waals surface area contributed by atoms with E-state index in [1.54, 1.807) is 31.2 Å². The summed E-state index contributed by atoms with van der Waals surface area (Å²) in [4.78, 5) is 12.6. The second kappa shape index (κ2) is 8.39. The molecule has 0 heterocycles. The van der Waals surface area contributed by atoms with Crippen LogP contribution in [0.2, 0.25) is 0 Å². The number of rotatable bonds is 5. The highest BCUT2D eigenvalue weighted by molar-refractivity contribution is 5.96. The topological polar surface area (TPSA) is 38.3 Å². The van der Waals surface area contributed by atoms with Crippen molar-refractivity contribution in [1.29, 1.82) is 0 Å². The number of hydrogen-bond donors (Lipinski definition) is 1. The largest absolute Gasteiger partial charge is 0.456 e. The maximum absolute atomic E-state index is 12.6. The normalized spacial score (nSPS) is 11.2. The van der Waals surface area contributed by atoms with Gasteiger partial charge in [0.05, 0.1) is 5.56 Å². The van der Waals surface area contributed by atoms with Gasteiger partial charge in [0.25, 0.3) is 5.91 Å². The van der Waals surface area contributed by atoms with Crippen molar-refractivity contribution in [1.82, 2.24) is 5.32 Å². The molecule has 0 bridgehead atoms. The van der Waals surface area contributed by atoms with E-state index in [1.165, 1.54) is 12.1 Å². The lowest BCUT2D eigenvalue weighted by molar-refractivity contribution is -0.137. The first-order chi connectivity index (χ1) is 13.7. The summed E-state index contributed by atoms with van der Waals surface area (Å²) in [5.41, 5.74) is 1.88. The molecule has 0 unspecified atom stereocenters. The molecule has 0 saturated heterocycles. The van der Waals surface area contributed by atoms with Gasteiger partial charge in [0.2, 0.25) is 0 Å². The Balaban J connectivity index is 1.69. The van der Waals surface area contributed by atoms with Gasteiger partial charge in [-0.15, -0.1) is 0 Å². The summed E-state index contributed by atoms with van der Waals surface area (Å²) in [7, 11) is 0. The molecular formula is C23H19F3NO2. The number of amides is 1. The smallest absolute Gasteiger partial charge is 0.416 e. The predicted molar refractivity (Wildman–Crippen MR) is 104 cm³/mol. The lowest BCUT2D eigenvalue weighted by atomic mass is 10.1. The predicted octanol–water partition coefficient (Wildman–Crippen LogP) is 5.84. The molecule has 0 aliphatic carbocycles. The van der Waals surface area contributed by atoms with Crippen LogP contribution < -0.4 is 10.1 Å². The number of nitrogens with one attached hydrogen (secondary N) is 1. The number of alkyl halides is 3. The molecular weight excluding hydrogens is 379 g/mol. The van der Waals surface area contributed by atoms with E-state index in [4.69, 9.17) is 4.74 Å². The average molecular weight is 398 g/mol. The lowest BCUT2D eigenvalue weighted by Gasteiger charge is -2.13. The molecule has 0 fully saturated rings. The van der Waals surface area contributed by atoms with Crippen LogP contribution in [0.25, 0.3) is 0 Å². The van der Waals surface area contributed by atoms with Crippen LogP contribution in [-0.2, 0) is 12.7 Å². The Kier molecular flexibility index (Phi) is 5.92. The van der Waals surface area contributed by atoms with Crippen LogP contribution in [0.5, 0.6) is 11.5 Å². The SMILES string of the molecule is Cc1[c]c(Oc2cccc(C(=O)NCc3ccc(C(F)(F)F)cc3)c2C)ccc1. The second-order valence-corrected chi connectivity index (χ2v) is 6.61. The highest BCUT2D eigenvalue weighted by Crippen LogP contribution is 2.29. The fourth-order valence-electron chi connectivity index (χ4n) is 2.80. The molecule has 0 atom stereocenters. The van der Waals surface area contributed by atoms with E-state index in [9.17, 15) is 18.0 Å². The van der Waals surface area contributed by atoms with E-state index >= 15 is 0 Å². The maximum Gasteiger partial charge on any atom is 0.416 e. The fraction of sp³-hybridized carbons (Fsp3) is 0.174. The van der Waals surface area contributed by atoms with Crippen molar-refractivity contribution in [2.75, 3.05) is 0 Å². The van der Waals surface area contributed by atoms with Gasteiger partial charge >= 0.3 is 6.18 Å². The number of carbonyl (C=O) groups excluding carboxylic acids is 1. The summed E-state index contributed by atoms with van der Waals surface area (Å²) in [5, 5.41) is 2.73. The van der Waals surface area contributed by atoms with Crippen molar-refractivity contribution in [2.24, 2.45) is 0 Å². The number of benzene rings is 3. The molecule has 0 aliphatic heterocycles. The molecule has 0 aliphatic rings. The average Bonchev–Trinajstić information content (AvgIpc) is 2.67. The van der Waals surface area contributed by atoms with Crippen molar-refractivity contribution in [3.8, 4) is 11.5 Å². The highest BCUT2D eigenvalue weighted by atomic mass is 19.4. The van der Waals surface area contributed by atoms with Crippen LogP contribution in [0.1, 0.15) is 32.6 Å². The van der Waals surface area contributed by atoms with Crippen molar-refractivity contribution in [3.05, 3.63) is 94.5 Å². The van der Waals surface area contributed by atoms with Crippen molar-refractivity contribution < 1.29 is 22.7 Å². The Morgan fingerprint density at radius 3 is 2.34 bits per heavy atom. The fourth-order valence-corrected chi connectivity index (χ4v) is 2.80. The minimum absolute atomic E-state index is 0.118. The van der Waals surface area contributed by atoms with E-state index in [1.807, 2.05) is 19.1 Å². The number of hydrogen-bond acceptors (Lipinski definition) is 2. The first kappa shape index (κ1) is 20.5. The molecule has 0 aromatic heterocycles. The number of halogens is 3. The van der Waals surface area contributed by atoms with E-state index in [0.29, 0.717) is 28.2 Å². The molecule has 1 amide bonds. The van der Waals surface area contributed by atoms with Crippen LogP contribution in [0.15, 0.2) is 60.7 Å². The standard InChI is InChI=1S/C23H19F3NO2/c1-15-5-3-6-19(13-15)29-21-8-4-7-20(16(21)2)22(28)27-14-17-9-11-18(12-10-17)23(24,25)26/h3-12H,14H2,1-2H3,(H,27,28). The first-order valence-corrected chi connectivity index (χ1v) is 8.95. The molecule has 1 radical (unpaired) electrons. The third kappa shape index (κ3) is 5.16. The van der Waals surface area contributed by atoms with Crippen LogP contribution in [-0.4, -0.2) is 5.91 Å². The van der Waals surface area contributed by atoms with Gasteiger partial charge in [-0.05, 0) is 55.3 Å². The zero-order valence-electron chi connectivity index (χ0n) is 15.9. The Morgan fingerprint density at radius 2 is 1.69 bits per heavy atom. The van der Waals surface area contributed by atoms with E-state index < -0.39 is 11.7 Å². The Labute approximate surface area is 167 Å². The minimum Gasteiger partial charge on any atom is -0.456 e. The quantitative estimate of drug-likeness (QED) is 0.586. The molecule has 3 aromatic rings. The van der Waals surface area contributed by atoms with Gasteiger partial charge in [-0.25, -0.2) is 0 Å². The third-order valence-electron chi connectivity index (χ3n) is 4.40. The monoisotopic (exact) mass is 398 g/mol. The van der Waals surface area contributed by atoms with Gasteiger partial charge in [0.15, 0.2) is 0 Å². The minimum atomic E-state index is -4.38. The van der Waals surface area contributed by atoms with Crippen molar-refractivity contribution >= 4 is 5.91 Å². The summed E-state index contributed by atoms with van der Waals surface area (Å²) in [6, 6.07) is 18.5. The molecule has 6 heteroatoms. The maximum atomic E-state index is 12.6. The lowest BCUT2D eigenvalue weighted by Crippen LogP contribution is -2.23. The van der Waals surface area contributed by atoms with Gasteiger partial charge < -0.3 is 10.1 Å². The first-order valence-electron chi connectivity index (χ1n) is 8.95. The van der Waals surface area contributed by atoms with Gasteiger partial charge in [-0.1, -0.05) is 30.3 Å². The molecule has 29 heavy (non-hydrogen) atoms. The summed E-state index contributed by atoms with van der Waals surface area (Å²) in [6.45, 7) is 3.80. The molecule has 3 nitrogen and oxygen atoms in total. The molecule has 149 valence electrons. The van der Waals surface area contributed by atoms with Gasteiger partial charge in [0, 0.05) is 23.7 Å². The number of carbonyl (C=O) groups is 1. The molecule has 1 N–H and O–H groups in total. The zero-order valence-corrected chi connectivity index (χ0v) is 15.9. The summed E-state index contributed by atoms with van der Waals surface area (Å²) in [5.74, 6) is 0.755. The second-order valence-electron chi connectivity index (χ2n) is 6.61. The van der Waals surface area contributed by atoms with Crippen LogP contribution in [0.3, 0.4) is 0 Å². The summed E-state index contributed by atoms with van der Waals surface area (Å²) < 4.78 is 43.7. The summed E-state index contributed by atoms with van der Waals surface area (Å²) in [6.07, 6.45) is -4.38. The van der Waals surface area contributed by atoms with Crippen molar-refractivity contribution in [3.63, 3.8) is 0 Å². The number of ether oxygens (including phenoxy) is 1. The highest BCUT2D eigenvalue weighted by Gasteiger charge is 2.29. The van der Waals surface area contributed by atoms with Gasteiger partial charge in [-0.3, -0.25) is 4.79 Å². The van der Waals surface area contributed by atoms with E-state index in [0.717, 1.165) is 17.7 Å². The molecule has 0 saturated carbocycles. The number of aryl methyl sites for hydroxylation is 1. The Morgan fingerprint density at radius 1 is 1.00 bits per heavy atom. The van der Waals surface area contributed by atoms with Crippen LogP contribution in [0, 0.1) is 19.9 Å².